The number of esters is 1. The summed E-state index contributed by atoms with van der Waals surface area (Å²) in [5.41, 5.74) is 3.96. The molecule has 61 heavy (non-hydrogen) atoms. The summed E-state index contributed by atoms with van der Waals surface area (Å²) in [7, 11) is 0. The Labute approximate surface area is 360 Å². The fourth-order valence-electron chi connectivity index (χ4n) is 7.56. The summed E-state index contributed by atoms with van der Waals surface area (Å²) in [5, 5.41) is 12.1. The van der Waals surface area contributed by atoms with Crippen LogP contribution >= 0.6 is 23.1 Å². The van der Waals surface area contributed by atoms with E-state index in [4.69, 9.17) is 14.6 Å². The van der Waals surface area contributed by atoms with Crippen molar-refractivity contribution in [3.05, 3.63) is 215 Å². The first-order valence-corrected chi connectivity index (χ1v) is 21.3. The highest BCUT2D eigenvalue weighted by molar-refractivity contribution is 8.00. The third kappa shape index (κ3) is 8.25. The Morgan fingerprint density at radius 2 is 1.36 bits per heavy atom. The molecule has 304 valence electrons. The van der Waals surface area contributed by atoms with E-state index in [1.165, 1.54) is 28.0 Å². The van der Waals surface area contributed by atoms with Gasteiger partial charge in [0.15, 0.2) is 16.9 Å². The molecule has 0 aliphatic carbocycles. The van der Waals surface area contributed by atoms with E-state index in [-0.39, 0.29) is 29.3 Å². The number of aromatic nitrogens is 1. The predicted molar refractivity (Wildman–Crippen MR) is 236 cm³/mol. The number of nitrogens with zero attached hydrogens (tertiary/aromatic N) is 3. The molecule has 2 unspecified atom stereocenters. The van der Waals surface area contributed by atoms with Crippen LogP contribution in [0.5, 0.6) is 0 Å². The van der Waals surface area contributed by atoms with Gasteiger partial charge in [0.1, 0.15) is 40.9 Å². The number of hydrogen-bond acceptors (Lipinski definition) is 11. The van der Waals surface area contributed by atoms with Crippen molar-refractivity contribution < 1.29 is 28.8 Å². The minimum Gasteiger partial charge on any atom is -0.448 e. The third-order valence-corrected chi connectivity index (χ3v) is 12.5. The third-order valence-electron chi connectivity index (χ3n) is 10.4. The van der Waals surface area contributed by atoms with Crippen LogP contribution in [0, 0.1) is 0 Å². The van der Waals surface area contributed by atoms with Gasteiger partial charge >= 0.3 is 5.97 Å². The topological polar surface area (TPSA) is 139 Å². The lowest BCUT2D eigenvalue weighted by Crippen LogP contribution is -2.71. The molecule has 2 N–H and O–H groups in total. The fourth-order valence-corrected chi connectivity index (χ4v) is 9.67. The number of rotatable bonds is 16. The molecule has 1 aromatic heterocycles. The number of nitrogens with one attached hydrogen (secondary N) is 2. The number of amides is 2. The Morgan fingerprint density at radius 3 is 1.87 bits per heavy atom. The number of β-lactam (4-membered cyclic amide) rings is 1. The van der Waals surface area contributed by atoms with Crippen LogP contribution in [0.1, 0.15) is 46.0 Å². The Balaban J connectivity index is 1.05. The molecule has 5 aromatic carbocycles. The highest BCUT2D eigenvalue weighted by Gasteiger charge is 2.55. The number of benzene rings is 5. The molecule has 0 spiro atoms. The van der Waals surface area contributed by atoms with Gasteiger partial charge in [-0.1, -0.05) is 163 Å². The van der Waals surface area contributed by atoms with Gasteiger partial charge in [-0.3, -0.25) is 14.5 Å². The van der Waals surface area contributed by atoms with E-state index in [1.54, 1.807) is 5.38 Å². The summed E-state index contributed by atoms with van der Waals surface area (Å²) in [4.78, 5) is 65.4. The highest BCUT2D eigenvalue weighted by Crippen LogP contribution is 2.43. The van der Waals surface area contributed by atoms with Gasteiger partial charge in [0.2, 0.25) is 0 Å². The van der Waals surface area contributed by atoms with Gasteiger partial charge in [-0.15, -0.1) is 23.1 Å². The van der Waals surface area contributed by atoms with Crippen LogP contribution in [0.25, 0.3) is 0 Å². The van der Waals surface area contributed by atoms with E-state index in [2.05, 4.69) is 58.8 Å². The molecule has 3 heterocycles. The second-order valence-corrected chi connectivity index (χ2v) is 16.0. The largest absolute Gasteiger partial charge is 0.448 e. The van der Waals surface area contributed by atoms with Gasteiger partial charge in [0, 0.05) is 17.6 Å². The normalized spacial score (nSPS) is 16.2. The number of hydrogen-bond donors (Lipinski definition) is 2. The quantitative estimate of drug-likeness (QED) is 0.0189. The number of aldehydes is 1. The molecule has 2 atom stereocenters. The second-order valence-electron chi connectivity index (χ2n) is 14.0. The van der Waals surface area contributed by atoms with E-state index in [1.807, 2.05) is 115 Å². The minimum atomic E-state index is -1.04. The van der Waals surface area contributed by atoms with Gasteiger partial charge < -0.3 is 25.0 Å². The molecule has 1 saturated heterocycles. The monoisotopic (exact) mass is 845 g/mol. The van der Waals surface area contributed by atoms with Crippen LogP contribution in [0.4, 0.5) is 5.13 Å². The zero-order chi connectivity index (χ0) is 42.2. The van der Waals surface area contributed by atoms with Gasteiger partial charge in [-0.2, -0.15) is 0 Å². The van der Waals surface area contributed by atoms with Gasteiger partial charge in [-0.25, -0.2) is 9.78 Å². The van der Waals surface area contributed by atoms with Crippen LogP contribution in [-0.4, -0.2) is 56.8 Å². The van der Waals surface area contributed by atoms with Crippen molar-refractivity contribution in [2.24, 2.45) is 5.16 Å². The van der Waals surface area contributed by atoms with Crippen LogP contribution in [-0.2, 0) is 34.3 Å². The smallest absolute Gasteiger partial charge is 0.356 e. The first kappa shape index (κ1) is 40.7. The molecule has 2 amide bonds. The van der Waals surface area contributed by atoms with Crippen LogP contribution in [0.15, 0.2) is 186 Å². The minimum absolute atomic E-state index is 0.000964. The average Bonchev–Trinajstić information content (AvgIpc) is 3.78. The van der Waals surface area contributed by atoms with Gasteiger partial charge in [-0.05, 0) is 33.4 Å². The molecular formula is C48H39N5O6S2. The van der Waals surface area contributed by atoms with E-state index in [0.717, 1.165) is 34.1 Å². The molecular weight excluding hydrogens is 807 g/mol. The number of thioether (sulfide) groups is 1. The SMILES string of the molecule is C=CON=C(C(=O)NC1C(=O)N2C(C(=O)OC(c3ccccc3)c3ccccc3)=C(CC=O)CSC12)c1csc(NC(c2ccccc2)(c2ccccc2)c2ccccc2)n1. The highest BCUT2D eigenvalue weighted by atomic mass is 32.2. The molecule has 0 saturated carbocycles. The van der Waals surface area contributed by atoms with Crippen LogP contribution in [0.3, 0.4) is 0 Å². The average molecular weight is 846 g/mol. The van der Waals surface area contributed by atoms with Gasteiger partial charge in [0.05, 0.1) is 0 Å². The van der Waals surface area contributed by atoms with Crippen LogP contribution < -0.4 is 10.6 Å². The lowest BCUT2D eigenvalue weighted by atomic mass is 9.77. The second kappa shape index (κ2) is 18.4. The maximum atomic E-state index is 14.1. The van der Waals surface area contributed by atoms with Crippen molar-refractivity contribution in [3.8, 4) is 0 Å². The number of anilines is 1. The van der Waals surface area contributed by atoms with Crippen molar-refractivity contribution >= 4 is 58.0 Å². The molecule has 13 heteroatoms. The summed E-state index contributed by atoms with van der Waals surface area (Å²) in [6, 6.07) is 47.6. The number of thiazole rings is 1. The Bertz CT molecular complexity index is 2450. The Morgan fingerprint density at radius 1 is 0.836 bits per heavy atom. The van der Waals surface area contributed by atoms with Crippen molar-refractivity contribution in [2.45, 2.75) is 29.5 Å². The van der Waals surface area contributed by atoms with Crippen molar-refractivity contribution in [1.82, 2.24) is 15.2 Å². The number of carbonyl (C=O) groups excluding carboxylic acids is 4. The van der Waals surface area contributed by atoms with Gasteiger partial charge in [0.25, 0.3) is 11.8 Å². The molecule has 0 bridgehead atoms. The van der Waals surface area contributed by atoms with E-state index in [9.17, 15) is 19.2 Å². The van der Waals surface area contributed by atoms with Crippen LogP contribution in [0.2, 0.25) is 0 Å². The first-order valence-electron chi connectivity index (χ1n) is 19.4. The Hall–Kier alpha value is -7.09. The summed E-state index contributed by atoms with van der Waals surface area (Å²) in [5.74, 6) is -1.75. The Kier molecular flexibility index (Phi) is 12.3. The predicted octanol–water partition coefficient (Wildman–Crippen LogP) is 7.99. The molecule has 11 nitrogen and oxygen atoms in total. The van der Waals surface area contributed by atoms with E-state index >= 15 is 0 Å². The molecule has 0 radical (unpaired) electrons. The van der Waals surface area contributed by atoms with Crippen molar-refractivity contribution in [1.29, 1.82) is 0 Å². The maximum absolute atomic E-state index is 14.1. The lowest BCUT2D eigenvalue weighted by Gasteiger charge is -2.49. The van der Waals surface area contributed by atoms with E-state index < -0.39 is 40.8 Å². The number of fused-ring (bicyclic) bond motifs is 1. The maximum Gasteiger partial charge on any atom is 0.356 e. The zero-order valence-electron chi connectivity index (χ0n) is 32.6. The number of ether oxygens (including phenoxy) is 1. The summed E-state index contributed by atoms with van der Waals surface area (Å²) >= 11 is 2.61. The molecule has 6 aromatic rings. The standard InChI is InChI=1S/C48H39N5O6S2/c1-2-58-52-39(38-31-61-47(49-38)51-48(35-22-12-5-13-23-35,36-24-14-6-15-25-36)37-26-16-7-17-27-37)43(55)50-40-44(56)53-41(34(28-29-54)30-60-45(40)53)46(57)59-42(32-18-8-3-9-19-32)33-20-10-4-11-21-33/h2-27,29,31,40,42,45H,1,28,30H2,(H,49,51)(H,50,55). The first-order chi connectivity index (χ1) is 29.9. The summed E-state index contributed by atoms with van der Waals surface area (Å²) in [6.07, 6.45) is 0.927. The van der Waals surface area contributed by atoms with E-state index in [0.29, 0.717) is 17.0 Å². The molecule has 2 aliphatic rings. The summed E-state index contributed by atoms with van der Waals surface area (Å²) in [6.45, 7) is 3.57. The fraction of sp³-hybridized carbons (Fsp3) is 0.125. The lowest BCUT2D eigenvalue weighted by molar-refractivity contribution is -0.154. The molecule has 2 aliphatic heterocycles. The summed E-state index contributed by atoms with van der Waals surface area (Å²) < 4.78 is 6.16. The van der Waals surface area contributed by atoms with Crippen molar-refractivity contribution in [3.63, 3.8) is 0 Å². The number of oxime groups is 1. The molecule has 8 rings (SSSR count). The van der Waals surface area contributed by atoms with Crippen molar-refractivity contribution in [2.75, 3.05) is 11.1 Å². The molecule has 1 fully saturated rings. The number of carbonyl (C=O) groups is 4. The zero-order valence-corrected chi connectivity index (χ0v) is 34.3.